The molecule has 0 aliphatic heterocycles. The van der Waals surface area contributed by atoms with Crippen LogP contribution in [-0.4, -0.2) is 26.5 Å². The lowest BCUT2D eigenvalue weighted by molar-refractivity contribution is 0.651. The maximum atomic E-state index is 5.52. The molecule has 2 aromatic heterocycles. The topological polar surface area (TPSA) is 69.6 Å². The summed E-state index contributed by atoms with van der Waals surface area (Å²) >= 11 is 0. The van der Waals surface area contributed by atoms with Gasteiger partial charge in [-0.2, -0.15) is 0 Å². The Morgan fingerprint density at radius 3 is 2.95 bits per heavy atom. The lowest BCUT2D eigenvalue weighted by Gasteiger charge is -2.07. The molecule has 0 spiro atoms. The van der Waals surface area contributed by atoms with E-state index in [1.165, 1.54) is 10.9 Å². The van der Waals surface area contributed by atoms with E-state index < -0.39 is 0 Å². The SMILES string of the molecule is Cc1cc(Cn2cc(CCCN)nn2)c2ccccc2n1. The Bertz CT molecular complexity index is 747. The monoisotopic (exact) mass is 281 g/mol. The van der Waals surface area contributed by atoms with Gasteiger partial charge >= 0.3 is 0 Å². The Morgan fingerprint density at radius 2 is 2.10 bits per heavy atom. The summed E-state index contributed by atoms with van der Waals surface area (Å²) < 4.78 is 1.88. The number of hydrogen-bond acceptors (Lipinski definition) is 4. The van der Waals surface area contributed by atoms with Gasteiger partial charge in [-0.05, 0) is 44.0 Å². The number of hydrogen-bond donors (Lipinski definition) is 1. The fraction of sp³-hybridized carbons (Fsp3) is 0.312. The van der Waals surface area contributed by atoms with Crippen LogP contribution in [0.3, 0.4) is 0 Å². The Labute approximate surface area is 123 Å². The minimum atomic E-state index is 0.682. The molecule has 0 bridgehead atoms. The van der Waals surface area contributed by atoms with Crippen molar-refractivity contribution in [2.45, 2.75) is 26.3 Å². The molecule has 0 fully saturated rings. The normalized spacial score (nSPS) is 11.1. The number of pyridine rings is 1. The van der Waals surface area contributed by atoms with Gasteiger partial charge in [-0.25, -0.2) is 4.68 Å². The largest absolute Gasteiger partial charge is 0.330 e. The molecule has 0 saturated heterocycles. The molecule has 1 aromatic carbocycles. The average Bonchev–Trinajstić information content (AvgIpc) is 2.92. The van der Waals surface area contributed by atoms with Crippen LogP contribution in [0.5, 0.6) is 0 Å². The Kier molecular flexibility index (Phi) is 3.92. The third-order valence-electron chi connectivity index (χ3n) is 3.49. The van der Waals surface area contributed by atoms with Gasteiger partial charge < -0.3 is 5.73 Å². The van der Waals surface area contributed by atoms with Gasteiger partial charge in [0.05, 0.1) is 17.8 Å². The molecular formula is C16H19N5. The van der Waals surface area contributed by atoms with Crippen LogP contribution in [0.1, 0.15) is 23.4 Å². The number of benzene rings is 1. The number of aromatic nitrogens is 4. The zero-order valence-electron chi connectivity index (χ0n) is 12.2. The first-order valence-electron chi connectivity index (χ1n) is 7.20. The van der Waals surface area contributed by atoms with Gasteiger partial charge in [0.25, 0.3) is 0 Å². The molecular weight excluding hydrogens is 262 g/mol. The molecule has 5 heteroatoms. The van der Waals surface area contributed by atoms with E-state index >= 15 is 0 Å². The van der Waals surface area contributed by atoms with Crippen LogP contribution in [0.4, 0.5) is 0 Å². The fourth-order valence-electron chi connectivity index (χ4n) is 2.51. The summed E-state index contributed by atoms with van der Waals surface area (Å²) in [4.78, 5) is 4.56. The number of para-hydroxylation sites is 1. The van der Waals surface area contributed by atoms with Gasteiger partial charge in [-0.1, -0.05) is 23.4 Å². The third-order valence-corrected chi connectivity index (χ3v) is 3.49. The van der Waals surface area contributed by atoms with Crippen molar-refractivity contribution in [3.8, 4) is 0 Å². The molecule has 21 heavy (non-hydrogen) atoms. The van der Waals surface area contributed by atoms with E-state index in [0.717, 1.165) is 29.7 Å². The first-order valence-corrected chi connectivity index (χ1v) is 7.20. The highest BCUT2D eigenvalue weighted by Crippen LogP contribution is 2.19. The van der Waals surface area contributed by atoms with E-state index in [2.05, 4.69) is 27.4 Å². The molecule has 0 radical (unpaired) electrons. The van der Waals surface area contributed by atoms with Crippen molar-refractivity contribution < 1.29 is 0 Å². The molecule has 0 atom stereocenters. The van der Waals surface area contributed by atoms with Crippen molar-refractivity contribution in [1.82, 2.24) is 20.0 Å². The maximum Gasteiger partial charge on any atom is 0.0827 e. The Balaban J connectivity index is 1.89. The fourth-order valence-corrected chi connectivity index (χ4v) is 2.51. The van der Waals surface area contributed by atoms with Crippen LogP contribution in [0.2, 0.25) is 0 Å². The first-order chi connectivity index (χ1) is 10.3. The van der Waals surface area contributed by atoms with Gasteiger partial charge in [0.15, 0.2) is 0 Å². The van der Waals surface area contributed by atoms with Crippen LogP contribution in [0, 0.1) is 6.92 Å². The predicted molar refractivity (Wildman–Crippen MR) is 83.0 cm³/mol. The second-order valence-electron chi connectivity index (χ2n) is 5.24. The van der Waals surface area contributed by atoms with Crippen LogP contribution in [0.15, 0.2) is 36.5 Å². The summed E-state index contributed by atoms with van der Waals surface area (Å²) in [6, 6.07) is 10.3. The second-order valence-corrected chi connectivity index (χ2v) is 5.24. The summed E-state index contributed by atoms with van der Waals surface area (Å²) in [5.41, 5.74) is 9.78. The van der Waals surface area contributed by atoms with Crippen LogP contribution < -0.4 is 5.73 Å². The quantitative estimate of drug-likeness (QED) is 0.777. The van der Waals surface area contributed by atoms with Gasteiger partial charge in [0.2, 0.25) is 0 Å². The minimum absolute atomic E-state index is 0.682. The van der Waals surface area contributed by atoms with Crippen molar-refractivity contribution in [2.75, 3.05) is 6.54 Å². The number of nitrogens with two attached hydrogens (primary N) is 1. The number of fused-ring (bicyclic) bond motifs is 1. The summed E-state index contributed by atoms with van der Waals surface area (Å²) in [5.74, 6) is 0. The second kappa shape index (κ2) is 6.01. The molecule has 0 aliphatic rings. The predicted octanol–water partition coefficient (Wildman–Crippen LogP) is 2.07. The molecule has 0 aliphatic carbocycles. The van der Waals surface area contributed by atoms with E-state index in [-0.39, 0.29) is 0 Å². The average molecular weight is 281 g/mol. The molecule has 3 aromatic rings. The van der Waals surface area contributed by atoms with Crippen molar-refractivity contribution in [3.63, 3.8) is 0 Å². The van der Waals surface area contributed by atoms with Crippen molar-refractivity contribution >= 4 is 10.9 Å². The summed E-state index contributed by atoms with van der Waals surface area (Å²) in [6.07, 6.45) is 3.82. The van der Waals surface area contributed by atoms with E-state index in [0.29, 0.717) is 13.1 Å². The van der Waals surface area contributed by atoms with Gasteiger partial charge in [0, 0.05) is 17.3 Å². The smallest absolute Gasteiger partial charge is 0.0827 e. The standard InChI is InChI=1S/C16H19N5/c1-12-9-13(15-6-2-3-7-16(15)18-12)10-21-11-14(19-20-21)5-4-8-17/h2-3,6-7,9,11H,4-5,8,10,17H2,1H3. The molecule has 3 rings (SSSR count). The Hall–Kier alpha value is -2.27. The highest BCUT2D eigenvalue weighted by molar-refractivity contribution is 5.82. The maximum absolute atomic E-state index is 5.52. The highest BCUT2D eigenvalue weighted by Gasteiger charge is 2.06. The van der Waals surface area contributed by atoms with E-state index in [9.17, 15) is 0 Å². The van der Waals surface area contributed by atoms with Crippen LogP contribution in [0.25, 0.3) is 10.9 Å². The van der Waals surface area contributed by atoms with Gasteiger partial charge in [-0.3, -0.25) is 4.98 Å². The van der Waals surface area contributed by atoms with Crippen LogP contribution >= 0.6 is 0 Å². The Morgan fingerprint density at radius 1 is 1.24 bits per heavy atom. The molecule has 5 nitrogen and oxygen atoms in total. The molecule has 0 amide bonds. The summed E-state index contributed by atoms with van der Waals surface area (Å²) in [6.45, 7) is 3.41. The molecule has 2 heterocycles. The van der Waals surface area contributed by atoms with E-state index in [1.54, 1.807) is 0 Å². The lowest BCUT2D eigenvalue weighted by atomic mass is 10.1. The molecule has 0 saturated carbocycles. The number of aryl methyl sites for hydroxylation is 2. The third kappa shape index (κ3) is 3.08. The van der Waals surface area contributed by atoms with Gasteiger partial charge in [0.1, 0.15) is 0 Å². The molecule has 108 valence electrons. The summed E-state index contributed by atoms with van der Waals surface area (Å²) in [7, 11) is 0. The van der Waals surface area contributed by atoms with E-state index in [4.69, 9.17) is 5.73 Å². The highest BCUT2D eigenvalue weighted by atomic mass is 15.4. The van der Waals surface area contributed by atoms with Crippen molar-refractivity contribution in [3.05, 3.63) is 53.5 Å². The lowest BCUT2D eigenvalue weighted by Crippen LogP contribution is -2.02. The zero-order chi connectivity index (χ0) is 14.7. The minimum Gasteiger partial charge on any atom is -0.330 e. The van der Waals surface area contributed by atoms with Gasteiger partial charge in [-0.15, -0.1) is 5.10 Å². The van der Waals surface area contributed by atoms with E-state index in [1.807, 2.05) is 36.0 Å². The first kappa shape index (κ1) is 13.7. The van der Waals surface area contributed by atoms with Crippen LogP contribution in [-0.2, 0) is 13.0 Å². The number of rotatable bonds is 5. The molecule has 0 unspecified atom stereocenters. The zero-order valence-corrected chi connectivity index (χ0v) is 12.2. The number of nitrogens with zero attached hydrogens (tertiary/aromatic N) is 4. The molecule has 2 N–H and O–H groups in total. The summed E-state index contributed by atoms with van der Waals surface area (Å²) in [5, 5.41) is 9.57. The van der Waals surface area contributed by atoms with Crippen molar-refractivity contribution in [1.29, 1.82) is 0 Å². The van der Waals surface area contributed by atoms with Crippen molar-refractivity contribution in [2.24, 2.45) is 5.73 Å².